The molecular formula is C24H20F3N3O3S2. The van der Waals surface area contributed by atoms with E-state index in [0.717, 1.165) is 34.1 Å². The van der Waals surface area contributed by atoms with Crippen molar-refractivity contribution in [1.29, 1.82) is 5.26 Å². The normalized spacial score (nSPS) is 21.3. The number of hydrogen-bond acceptors (Lipinski definition) is 6. The molecule has 2 fully saturated rings. The van der Waals surface area contributed by atoms with E-state index in [-0.39, 0.29) is 29.4 Å². The number of alkyl halides is 3. The van der Waals surface area contributed by atoms with E-state index in [1.807, 2.05) is 6.07 Å². The van der Waals surface area contributed by atoms with Crippen molar-refractivity contribution in [2.45, 2.75) is 48.4 Å². The first-order valence-corrected chi connectivity index (χ1v) is 12.4. The molecule has 1 saturated heterocycles. The molecule has 0 aromatic heterocycles. The molecule has 1 atom stereocenters. The Morgan fingerprint density at radius 1 is 1.23 bits per heavy atom. The Bertz CT molecular complexity index is 1260. The highest BCUT2D eigenvalue weighted by atomic mass is 32.2. The van der Waals surface area contributed by atoms with Crippen molar-refractivity contribution in [3.63, 3.8) is 0 Å². The number of carbonyl (C=O) groups is 1. The number of carbonyl (C=O) groups excluding carboxylic acids is 1. The van der Waals surface area contributed by atoms with Crippen LogP contribution >= 0.6 is 24.0 Å². The van der Waals surface area contributed by atoms with Gasteiger partial charge in [0.05, 0.1) is 34.4 Å². The number of hydrogen-bond donors (Lipinski definition) is 1. The molecule has 0 radical (unpaired) electrons. The highest BCUT2D eigenvalue weighted by Gasteiger charge is 2.59. The predicted molar refractivity (Wildman–Crippen MR) is 129 cm³/mol. The minimum Gasteiger partial charge on any atom is -0.487 e. The average Bonchev–Trinajstić information content (AvgIpc) is 2.92. The number of nitriles is 1. The van der Waals surface area contributed by atoms with Gasteiger partial charge in [0.1, 0.15) is 17.4 Å². The van der Waals surface area contributed by atoms with Gasteiger partial charge >= 0.3 is 6.18 Å². The molecule has 2 heterocycles. The fraction of sp³-hybridized carbons (Fsp3) is 0.375. The number of amides is 1. The molecule has 0 bridgehead atoms. The smallest absolute Gasteiger partial charge is 0.417 e. The Balaban J connectivity index is 1.56. The first-order valence-electron chi connectivity index (χ1n) is 11.0. The fourth-order valence-corrected chi connectivity index (χ4v) is 6.26. The van der Waals surface area contributed by atoms with E-state index >= 15 is 0 Å². The summed E-state index contributed by atoms with van der Waals surface area (Å²) in [4.78, 5) is 17.4. The summed E-state index contributed by atoms with van der Waals surface area (Å²) in [7, 11) is 0. The predicted octanol–water partition coefficient (Wildman–Crippen LogP) is 4.87. The standard InChI is InChI=1S/C24H20F3N3O3S2/c25-24(26,27)18-10-15(3-2-14(18)12-28)29-21(32)23(7-1-8-23)30(22(29)34)16-4-5-19-20(11-16)35-9-6-17(13-31)33-19/h2-5,10-11,17,31H,1,6-9,13H2. The number of thiocarbonyl (C=S) groups is 1. The summed E-state index contributed by atoms with van der Waals surface area (Å²) in [6.45, 7) is -0.0883. The van der Waals surface area contributed by atoms with Gasteiger partial charge in [-0.3, -0.25) is 9.69 Å². The third-order valence-corrected chi connectivity index (χ3v) is 8.09. The van der Waals surface area contributed by atoms with Crippen LogP contribution in [0.2, 0.25) is 0 Å². The monoisotopic (exact) mass is 519 g/mol. The maximum atomic E-state index is 13.6. The van der Waals surface area contributed by atoms with E-state index < -0.39 is 22.8 Å². The van der Waals surface area contributed by atoms with Crippen LogP contribution in [0.15, 0.2) is 41.3 Å². The summed E-state index contributed by atoms with van der Waals surface area (Å²) < 4.78 is 46.6. The van der Waals surface area contributed by atoms with Crippen LogP contribution in [-0.2, 0) is 11.0 Å². The van der Waals surface area contributed by atoms with Gasteiger partial charge in [0.2, 0.25) is 0 Å². The van der Waals surface area contributed by atoms with Crippen molar-refractivity contribution < 1.29 is 27.8 Å². The number of anilines is 2. The first kappa shape index (κ1) is 23.9. The van der Waals surface area contributed by atoms with Crippen LogP contribution in [0.4, 0.5) is 24.5 Å². The Morgan fingerprint density at radius 3 is 2.60 bits per heavy atom. The quantitative estimate of drug-likeness (QED) is 0.580. The molecule has 1 unspecified atom stereocenters. The SMILES string of the molecule is N#Cc1ccc(N2C(=O)C3(CCC3)N(c3ccc4c(c3)SCCC(CO)O4)C2=S)cc1C(F)(F)F. The number of thioether (sulfide) groups is 1. The van der Waals surface area contributed by atoms with E-state index in [1.54, 1.807) is 34.9 Å². The fourth-order valence-electron chi connectivity index (χ4n) is 4.72. The molecule has 2 aromatic carbocycles. The second-order valence-electron chi connectivity index (χ2n) is 8.67. The molecule has 1 saturated carbocycles. The molecule has 2 aromatic rings. The van der Waals surface area contributed by atoms with E-state index in [0.29, 0.717) is 30.7 Å². The molecule has 5 rings (SSSR count). The third-order valence-electron chi connectivity index (χ3n) is 6.66. The first-order chi connectivity index (χ1) is 16.7. The van der Waals surface area contributed by atoms with Gasteiger partial charge in [0.25, 0.3) is 5.91 Å². The number of aliphatic hydroxyl groups is 1. The van der Waals surface area contributed by atoms with Crippen LogP contribution in [0.3, 0.4) is 0 Å². The highest BCUT2D eigenvalue weighted by Crippen LogP contribution is 2.49. The van der Waals surface area contributed by atoms with E-state index in [1.165, 1.54) is 6.07 Å². The van der Waals surface area contributed by atoms with Crippen molar-refractivity contribution in [1.82, 2.24) is 0 Å². The molecule has 11 heteroatoms. The summed E-state index contributed by atoms with van der Waals surface area (Å²) >= 11 is 7.26. The van der Waals surface area contributed by atoms with Gasteiger partial charge in [0, 0.05) is 11.4 Å². The maximum absolute atomic E-state index is 13.6. The molecule has 1 spiro atoms. The lowest BCUT2D eigenvalue weighted by Gasteiger charge is -2.43. The summed E-state index contributed by atoms with van der Waals surface area (Å²) in [5.74, 6) is 1.01. The lowest BCUT2D eigenvalue weighted by molar-refractivity contribution is -0.137. The van der Waals surface area contributed by atoms with Gasteiger partial charge in [-0.05, 0) is 74.3 Å². The van der Waals surface area contributed by atoms with Gasteiger partial charge in [-0.2, -0.15) is 18.4 Å². The largest absolute Gasteiger partial charge is 0.487 e. The van der Waals surface area contributed by atoms with Crippen molar-refractivity contribution in [3.8, 4) is 11.8 Å². The van der Waals surface area contributed by atoms with E-state index in [9.17, 15) is 23.1 Å². The molecular weight excluding hydrogens is 499 g/mol. The van der Waals surface area contributed by atoms with Crippen LogP contribution in [0.5, 0.6) is 5.75 Å². The van der Waals surface area contributed by atoms with Crippen molar-refractivity contribution in [2.24, 2.45) is 0 Å². The molecule has 182 valence electrons. The average molecular weight is 520 g/mol. The Kier molecular flexibility index (Phi) is 5.94. The summed E-state index contributed by atoms with van der Waals surface area (Å²) in [5, 5.41) is 18.7. The van der Waals surface area contributed by atoms with E-state index in [4.69, 9.17) is 22.2 Å². The maximum Gasteiger partial charge on any atom is 0.417 e. The molecule has 2 aliphatic heterocycles. The number of ether oxygens (including phenoxy) is 1. The lowest BCUT2D eigenvalue weighted by Crippen LogP contribution is -2.55. The zero-order chi connectivity index (χ0) is 25.0. The van der Waals surface area contributed by atoms with Gasteiger partial charge in [-0.1, -0.05) is 0 Å². The van der Waals surface area contributed by atoms with Crippen LogP contribution in [-0.4, -0.2) is 40.1 Å². The number of rotatable bonds is 3. The van der Waals surface area contributed by atoms with Crippen LogP contribution < -0.4 is 14.5 Å². The van der Waals surface area contributed by atoms with Gasteiger partial charge in [-0.15, -0.1) is 11.8 Å². The minimum atomic E-state index is -4.75. The Morgan fingerprint density at radius 2 is 1.97 bits per heavy atom. The highest BCUT2D eigenvalue weighted by molar-refractivity contribution is 7.99. The Hall–Kier alpha value is -2.81. The number of aliphatic hydroxyl groups excluding tert-OH is 1. The topological polar surface area (TPSA) is 76.8 Å². The zero-order valence-corrected chi connectivity index (χ0v) is 20.0. The summed E-state index contributed by atoms with van der Waals surface area (Å²) in [6, 6.07) is 10.2. The molecule has 35 heavy (non-hydrogen) atoms. The zero-order valence-electron chi connectivity index (χ0n) is 18.3. The Labute approximate surface area is 209 Å². The van der Waals surface area contributed by atoms with Crippen molar-refractivity contribution in [3.05, 3.63) is 47.5 Å². The van der Waals surface area contributed by atoms with Crippen molar-refractivity contribution in [2.75, 3.05) is 22.2 Å². The molecule has 1 amide bonds. The summed E-state index contributed by atoms with van der Waals surface area (Å²) in [5.41, 5.74) is -1.93. The molecule has 6 nitrogen and oxygen atoms in total. The van der Waals surface area contributed by atoms with Gasteiger partial charge in [0.15, 0.2) is 5.11 Å². The summed E-state index contributed by atoms with van der Waals surface area (Å²) in [6.07, 6.45) is -2.52. The number of benzene rings is 2. The third kappa shape index (κ3) is 3.84. The number of fused-ring (bicyclic) bond motifs is 1. The molecule has 3 aliphatic rings. The van der Waals surface area contributed by atoms with Crippen LogP contribution in [0.25, 0.3) is 0 Å². The van der Waals surface area contributed by atoms with Crippen molar-refractivity contribution >= 4 is 46.4 Å². The van der Waals surface area contributed by atoms with Gasteiger partial charge in [-0.25, -0.2) is 0 Å². The van der Waals surface area contributed by atoms with Crippen LogP contribution in [0, 0.1) is 11.3 Å². The number of halogens is 3. The second-order valence-corrected chi connectivity index (χ2v) is 10.2. The van der Waals surface area contributed by atoms with E-state index in [2.05, 4.69) is 0 Å². The second kappa shape index (κ2) is 8.69. The molecule has 1 aliphatic carbocycles. The minimum absolute atomic E-state index is 0.0154. The lowest BCUT2D eigenvalue weighted by atomic mass is 9.75. The number of nitrogens with zero attached hydrogens (tertiary/aromatic N) is 3. The van der Waals surface area contributed by atoms with Gasteiger partial charge < -0.3 is 14.7 Å². The van der Waals surface area contributed by atoms with Crippen LogP contribution in [0.1, 0.15) is 36.8 Å². The molecule has 1 N–H and O–H groups in total.